The van der Waals surface area contributed by atoms with Gasteiger partial charge in [-0.15, -0.1) is 0 Å². The molecular formula is C26H40NO4+. The van der Waals surface area contributed by atoms with E-state index >= 15 is 0 Å². The first-order valence-electron chi connectivity index (χ1n) is 12.7. The first-order chi connectivity index (χ1) is 14.9. The number of ether oxygens (including phenoxy) is 2. The number of rotatable bonds is 4. The fourth-order valence-corrected chi connectivity index (χ4v) is 7.93. The number of hydrogen-bond donors (Lipinski definition) is 1. The first kappa shape index (κ1) is 21.6. The lowest BCUT2D eigenvalue weighted by Crippen LogP contribution is -3.14. The van der Waals surface area contributed by atoms with Gasteiger partial charge in [0.1, 0.15) is 25.0 Å². The second kappa shape index (κ2) is 8.30. The zero-order chi connectivity index (χ0) is 21.6. The maximum absolute atomic E-state index is 12.6. The van der Waals surface area contributed by atoms with Crippen LogP contribution in [0.4, 0.5) is 0 Å². The van der Waals surface area contributed by atoms with E-state index < -0.39 is 0 Å². The van der Waals surface area contributed by atoms with Crippen LogP contribution in [0, 0.1) is 28.6 Å². The minimum atomic E-state index is -0.0575. The molecule has 5 aliphatic rings. The highest BCUT2D eigenvalue weighted by Gasteiger charge is 2.58. The lowest BCUT2D eigenvalue weighted by atomic mass is 9.48. The molecule has 6 atom stereocenters. The molecule has 5 rings (SSSR count). The zero-order valence-electron chi connectivity index (χ0n) is 19.4. The third-order valence-electron chi connectivity index (χ3n) is 9.95. The number of nitrogens with one attached hydrogen (secondary N) is 1. The molecule has 1 heterocycles. The number of quaternary nitrogens is 1. The van der Waals surface area contributed by atoms with Gasteiger partial charge in [-0.2, -0.15) is 0 Å². The van der Waals surface area contributed by atoms with Crippen LogP contribution >= 0.6 is 0 Å². The van der Waals surface area contributed by atoms with Crippen molar-refractivity contribution in [1.82, 2.24) is 0 Å². The van der Waals surface area contributed by atoms with Gasteiger partial charge in [-0.1, -0.05) is 25.5 Å². The third kappa shape index (κ3) is 3.80. The molecule has 0 aromatic carbocycles. The number of hydrogen-bond acceptors (Lipinski definition) is 4. The van der Waals surface area contributed by atoms with Crippen molar-refractivity contribution < 1.29 is 24.0 Å². The lowest BCUT2D eigenvalue weighted by molar-refractivity contribution is -0.907. The molecule has 0 spiro atoms. The lowest BCUT2D eigenvalue weighted by Gasteiger charge is -2.56. The van der Waals surface area contributed by atoms with Gasteiger partial charge in [0, 0.05) is 18.3 Å². The van der Waals surface area contributed by atoms with Gasteiger partial charge in [0.15, 0.2) is 0 Å². The molecule has 172 valence electrons. The summed E-state index contributed by atoms with van der Waals surface area (Å²) in [4.78, 5) is 26.5. The molecule has 4 aliphatic carbocycles. The van der Waals surface area contributed by atoms with Crippen LogP contribution in [0.15, 0.2) is 11.6 Å². The van der Waals surface area contributed by atoms with Crippen LogP contribution in [0.1, 0.15) is 71.6 Å². The number of ketones is 1. The maximum atomic E-state index is 12.6. The Hall–Kier alpha value is -1.20. The summed E-state index contributed by atoms with van der Waals surface area (Å²) >= 11 is 0. The summed E-state index contributed by atoms with van der Waals surface area (Å²) in [5, 5.41) is 0. The summed E-state index contributed by atoms with van der Waals surface area (Å²) in [5.74, 6) is 2.42. The normalized spacial score (nSPS) is 42.9. The van der Waals surface area contributed by atoms with Crippen LogP contribution in [-0.2, 0) is 19.1 Å². The van der Waals surface area contributed by atoms with Gasteiger partial charge in [-0.05, 0) is 61.7 Å². The molecule has 0 amide bonds. The zero-order valence-corrected chi connectivity index (χ0v) is 19.4. The van der Waals surface area contributed by atoms with Crippen molar-refractivity contribution in [3.8, 4) is 0 Å². The fourth-order valence-electron chi connectivity index (χ4n) is 7.93. The van der Waals surface area contributed by atoms with E-state index in [0.717, 1.165) is 77.8 Å². The minimum Gasteiger partial charge on any atom is -0.462 e. The smallest absolute Gasteiger partial charge is 0.311 e. The van der Waals surface area contributed by atoms with Gasteiger partial charge in [0.25, 0.3) is 0 Å². The molecule has 1 aliphatic heterocycles. The summed E-state index contributed by atoms with van der Waals surface area (Å²) in [6, 6.07) is 0. The van der Waals surface area contributed by atoms with Gasteiger partial charge in [0.2, 0.25) is 0 Å². The van der Waals surface area contributed by atoms with Crippen molar-refractivity contribution in [3.05, 3.63) is 11.6 Å². The topological polar surface area (TPSA) is 57.0 Å². The van der Waals surface area contributed by atoms with Gasteiger partial charge in [-0.3, -0.25) is 9.59 Å². The molecule has 31 heavy (non-hydrogen) atoms. The van der Waals surface area contributed by atoms with Crippen LogP contribution < -0.4 is 4.90 Å². The van der Waals surface area contributed by atoms with Crippen LogP contribution in [0.3, 0.4) is 0 Å². The van der Waals surface area contributed by atoms with E-state index in [0.29, 0.717) is 30.0 Å². The first-order valence-corrected chi connectivity index (χ1v) is 12.7. The summed E-state index contributed by atoms with van der Waals surface area (Å²) in [7, 11) is 0. The Bertz CT molecular complexity index is 757. The molecule has 3 saturated carbocycles. The average molecular weight is 431 g/mol. The van der Waals surface area contributed by atoms with Gasteiger partial charge < -0.3 is 14.4 Å². The second-order valence-corrected chi connectivity index (χ2v) is 11.4. The van der Waals surface area contributed by atoms with Crippen molar-refractivity contribution in [3.63, 3.8) is 0 Å². The SMILES string of the molecule is C[C@]12CC[C@H](OC(=O)CC[NH+]3CCOCC3)CC1=CC[C@H]1[C@@H]2CC[C@]2(C)C(=O)CC[C@@H]12. The Kier molecular flexibility index (Phi) is 5.79. The molecule has 0 aromatic rings. The number of carbonyl (C=O) groups is 2. The number of fused-ring (bicyclic) bond motifs is 5. The van der Waals surface area contributed by atoms with E-state index in [1.807, 2.05) is 0 Å². The largest absolute Gasteiger partial charge is 0.462 e. The molecule has 0 aromatic heterocycles. The average Bonchev–Trinajstić information content (AvgIpc) is 3.08. The van der Waals surface area contributed by atoms with Crippen molar-refractivity contribution in [2.75, 3.05) is 32.8 Å². The molecule has 0 unspecified atom stereocenters. The van der Waals surface area contributed by atoms with Crippen molar-refractivity contribution in [1.29, 1.82) is 0 Å². The van der Waals surface area contributed by atoms with E-state index in [1.165, 1.54) is 16.9 Å². The highest BCUT2D eigenvalue weighted by Crippen LogP contribution is 2.64. The van der Waals surface area contributed by atoms with Crippen LogP contribution in [0.2, 0.25) is 0 Å². The summed E-state index contributed by atoms with van der Waals surface area (Å²) in [6.07, 6.45) is 11.3. The van der Waals surface area contributed by atoms with Gasteiger partial charge >= 0.3 is 5.97 Å². The highest BCUT2D eigenvalue weighted by atomic mass is 16.5. The molecule has 1 N–H and O–H groups in total. The predicted octanol–water partition coefficient (Wildman–Crippen LogP) is 2.74. The second-order valence-electron chi connectivity index (χ2n) is 11.4. The Morgan fingerprint density at radius 1 is 1.13 bits per heavy atom. The fraction of sp³-hybridized carbons (Fsp3) is 0.846. The number of esters is 1. The predicted molar refractivity (Wildman–Crippen MR) is 118 cm³/mol. The number of allylic oxidation sites excluding steroid dienone is 1. The van der Waals surface area contributed by atoms with E-state index in [2.05, 4.69) is 19.9 Å². The Morgan fingerprint density at radius 2 is 1.87 bits per heavy atom. The molecule has 0 radical (unpaired) electrons. The maximum Gasteiger partial charge on any atom is 0.311 e. The molecular weight excluding hydrogens is 390 g/mol. The summed E-state index contributed by atoms with van der Waals surface area (Å²) in [5.41, 5.74) is 1.71. The number of carbonyl (C=O) groups excluding carboxylic acids is 2. The minimum absolute atomic E-state index is 0.0280. The summed E-state index contributed by atoms with van der Waals surface area (Å²) < 4.78 is 11.3. The quantitative estimate of drug-likeness (QED) is 0.550. The van der Waals surface area contributed by atoms with Crippen LogP contribution in [0.5, 0.6) is 0 Å². The van der Waals surface area contributed by atoms with Crippen LogP contribution in [-0.4, -0.2) is 50.7 Å². The van der Waals surface area contributed by atoms with Gasteiger partial charge in [0.05, 0.1) is 26.2 Å². The van der Waals surface area contributed by atoms with Crippen molar-refractivity contribution in [2.45, 2.75) is 77.7 Å². The Labute approximate surface area is 186 Å². The Morgan fingerprint density at radius 3 is 2.68 bits per heavy atom. The van der Waals surface area contributed by atoms with Gasteiger partial charge in [-0.25, -0.2) is 0 Å². The molecule has 5 heteroatoms. The molecule has 0 bridgehead atoms. The Balaban J connectivity index is 1.20. The molecule has 4 fully saturated rings. The summed E-state index contributed by atoms with van der Waals surface area (Å²) in [6.45, 7) is 9.17. The molecule has 5 nitrogen and oxygen atoms in total. The van der Waals surface area contributed by atoms with E-state index in [4.69, 9.17) is 9.47 Å². The molecule has 1 saturated heterocycles. The van der Waals surface area contributed by atoms with E-state index in [1.54, 1.807) is 0 Å². The third-order valence-corrected chi connectivity index (χ3v) is 9.95. The number of Topliss-reactive ketones (excluding diaryl/α,β-unsaturated/α-hetero) is 1. The van der Waals surface area contributed by atoms with Crippen molar-refractivity contribution in [2.24, 2.45) is 28.6 Å². The standard InChI is InChI=1S/C26H39NO4/c1-25-10-7-19(31-24(29)9-12-27-13-15-30-16-14-27)17-18(25)3-4-20-21-5-6-23(28)26(21,2)11-8-22(20)25/h3,19-22H,4-17H2,1-2H3/p+1/t19-,20+,21-,22-,25-,26-/m0/s1. The number of morpholine rings is 1. The van der Waals surface area contributed by atoms with Crippen molar-refractivity contribution >= 4 is 11.8 Å². The highest BCUT2D eigenvalue weighted by molar-refractivity contribution is 5.87. The van der Waals surface area contributed by atoms with E-state index in [9.17, 15) is 9.59 Å². The van der Waals surface area contributed by atoms with Crippen LogP contribution in [0.25, 0.3) is 0 Å². The monoisotopic (exact) mass is 430 g/mol. The van der Waals surface area contributed by atoms with E-state index in [-0.39, 0.29) is 22.9 Å².